The quantitative estimate of drug-likeness (QED) is 0.798. The highest BCUT2D eigenvalue weighted by Crippen LogP contribution is 2.41. The summed E-state index contributed by atoms with van der Waals surface area (Å²) in [5, 5.41) is 9.44. The molecule has 0 saturated heterocycles. The van der Waals surface area contributed by atoms with E-state index in [4.69, 9.17) is 16.7 Å². The minimum absolute atomic E-state index is 0.419. The van der Waals surface area contributed by atoms with E-state index in [0.717, 1.165) is 24.0 Å². The standard InChI is InChI=1S/C12H11ClO2/c13-10-5-3-9(4-6-10)11(7-12(14)15)8-1-2-8/h3-8H,1-2H2,(H,14,15)/b11-7+. The minimum atomic E-state index is -0.883. The molecule has 1 fully saturated rings. The third-order valence-electron chi connectivity index (χ3n) is 2.47. The second kappa shape index (κ2) is 4.07. The van der Waals surface area contributed by atoms with Gasteiger partial charge in [-0.05, 0) is 42.0 Å². The van der Waals surface area contributed by atoms with Gasteiger partial charge in [0.05, 0.1) is 0 Å². The molecule has 2 rings (SSSR count). The Bertz CT molecular complexity index is 402. The highest BCUT2D eigenvalue weighted by Gasteiger charge is 2.27. The van der Waals surface area contributed by atoms with Crippen LogP contribution in [0.1, 0.15) is 18.4 Å². The summed E-state index contributed by atoms with van der Waals surface area (Å²) < 4.78 is 0. The van der Waals surface area contributed by atoms with Crippen molar-refractivity contribution < 1.29 is 9.90 Å². The predicted octanol–water partition coefficient (Wildman–Crippen LogP) is 3.22. The molecule has 0 unspecified atom stereocenters. The van der Waals surface area contributed by atoms with Crippen LogP contribution < -0.4 is 0 Å². The van der Waals surface area contributed by atoms with Crippen molar-refractivity contribution in [3.05, 3.63) is 40.9 Å². The first-order valence-electron chi connectivity index (χ1n) is 4.87. The van der Waals surface area contributed by atoms with Crippen LogP contribution in [0.2, 0.25) is 5.02 Å². The molecule has 1 aromatic carbocycles. The number of carboxylic acid groups (broad SMARTS) is 1. The van der Waals surface area contributed by atoms with Gasteiger partial charge in [0.15, 0.2) is 0 Å². The lowest BCUT2D eigenvalue weighted by atomic mass is 10.0. The fourth-order valence-corrected chi connectivity index (χ4v) is 1.73. The normalized spacial score (nSPS) is 16.5. The zero-order valence-corrected chi connectivity index (χ0v) is 8.87. The van der Waals surface area contributed by atoms with E-state index < -0.39 is 5.97 Å². The second-order valence-electron chi connectivity index (χ2n) is 3.72. The van der Waals surface area contributed by atoms with Crippen LogP contribution in [0.5, 0.6) is 0 Å². The minimum Gasteiger partial charge on any atom is -0.478 e. The summed E-state index contributed by atoms with van der Waals surface area (Å²) in [4.78, 5) is 10.7. The van der Waals surface area contributed by atoms with Crippen LogP contribution in [0.4, 0.5) is 0 Å². The van der Waals surface area contributed by atoms with Crippen molar-refractivity contribution in [2.45, 2.75) is 12.8 Å². The number of allylic oxidation sites excluding steroid dienone is 1. The first kappa shape index (κ1) is 10.2. The molecule has 3 heteroatoms. The number of halogens is 1. The van der Waals surface area contributed by atoms with Crippen molar-refractivity contribution in [1.29, 1.82) is 0 Å². The Kier molecular flexibility index (Phi) is 2.78. The molecular formula is C12H11ClO2. The van der Waals surface area contributed by atoms with Crippen LogP contribution in [0.25, 0.3) is 5.57 Å². The van der Waals surface area contributed by atoms with E-state index in [2.05, 4.69) is 0 Å². The molecule has 0 bridgehead atoms. The average molecular weight is 223 g/mol. The summed E-state index contributed by atoms with van der Waals surface area (Å²) in [6.45, 7) is 0. The average Bonchev–Trinajstić information content (AvgIpc) is 2.99. The molecule has 0 amide bonds. The van der Waals surface area contributed by atoms with E-state index in [1.165, 1.54) is 6.08 Å². The van der Waals surface area contributed by atoms with Gasteiger partial charge in [-0.25, -0.2) is 4.79 Å². The molecule has 1 aliphatic rings. The van der Waals surface area contributed by atoms with Gasteiger partial charge >= 0.3 is 5.97 Å². The van der Waals surface area contributed by atoms with E-state index in [9.17, 15) is 4.79 Å². The summed E-state index contributed by atoms with van der Waals surface area (Å²) >= 11 is 5.78. The molecule has 0 aliphatic heterocycles. The highest BCUT2D eigenvalue weighted by molar-refractivity contribution is 6.30. The molecular weight excluding hydrogens is 212 g/mol. The van der Waals surface area contributed by atoms with E-state index in [1.54, 1.807) is 12.1 Å². The molecule has 1 aromatic rings. The Labute approximate surface area is 93.2 Å². The van der Waals surface area contributed by atoms with Crippen molar-refractivity contribution in [2.24, 2.45) is 5.92 Å². The molecule has 0 aromatic heterocycles. The van der Waals surface area contributed by atoms with Crippen molar-refractivity contribution in [3.63, 3.8) is 0 Å². The summed E-state index contributed by atoms with van der Waals surface area (Å²) in [5.74, 6) is -0.464. The zero-order chi connectivity index (χ0) is 10.8. The zero-order valence-electron chi connectivity index (χ0n) is 8.11. The third-order valence-corrected chi connectivity index (χ3v) is 2.73. The molecule has 0 atom stereocenters. The summed E-state index contributed by atoms with van der Waals surface area (Å²) in [6.07, 6.45) is 3.48. The number of hydrogen-bond acceptors (Lipinski definition) is 1. The van der Waals surface area contributed by atoms with Gasteiger partial charge in [-0.2, -0.15) is 0 Å². The Hall–Kier alpha value is -1.28. The van der Waals surface area contributed by atoms with Crippen molar-refractivity contribution in [2.75, 3.05) is 0 Å². The molecule has 78 valence electrons. The molecule has 0 radical (unpaired) electrons. The lowest BCUT2D eigenvalue weighted by molar-refractivity contribution is -0.131. The van der Waals surface area contributed by atoms with E-state index in [1.807, 2.05) is 12.1 Å². The predicted molar refractivity (Wildman–Crippen MR) is 59.8 cm³/mol. The van der Waals surface area contributed by atoms with Gasteiger partial charge in [-0.15, -0.1) is 0 Å². The van der Waals surface area contributed by atoms with Gasteiger partial charge in [0.25, 0.3) is 0 Å². The first-order chi connectivity index (χ1) is 7.16. The van der Waals surface area contributed by atoms with E-state index >= 15 is 0 Å². The molecule has 1 N–H and O–H groups in total. The van der Waals surface area contributed by atoms with Crippen LogP contribution in [-0.4, -0.2) is 11.1 Å². The highest BCUT2D eigenvalue weighted by atomic mass is 35.5. The second-order valence-corrected chi connectivity index (χ2v) is 4.16. The lowest BCUT2D eigenvalue weighted by Crippen LogP contribution is -1.94. The van der Waals surface area contributed by atoms with Crippen LogP contribution in [0.3, 0.4) is 0 Å². The van der Waals surface area contributed by atoms with Crippen LogP contribution >= 0.6 is 11.6 Å². The van der Waals surface area contributed by atoms with Gasteiger partial charge in [-0.3, -0.25) is 0 Å². The van der Waals surface area contributed by atoms with Crippen LogP contribution in [0, 0.1) is 5.92 Å². The van der Waals surface area contributed by atoms with Crippen LogP contribution in [0.15, 0.2) is 30.3 Å². The fraction of sp³-hybridized carbons (Fsp3) is 0.250. The number of carbonyl (C=O) groups is 1. The summed E-state index contributed by atoms with van der Waals surface area (Å²) in [6, 6.07) is 7.31. The molecule has 0 heterocycles. The molecule has 2 nitrogen and oxygen atoms in total. The molecule has 0 spiro atoms. The van der Waals surface area contributed by atoms with Crippen molar-refractivity contribution in [3.8, 4) is 0 Å². The Morgan fingerprint density at radius 3 is 2.40 bits per heavy atom. The van der Waals surface area contributed by atoms with Crippen molar-refractivity contribution in [1.82, 2.24) is 0 Å². The van der Waals surface area contributed by atoms with Crippen molar-refractivity contribution >= 4 is 23.1 Å². The van der Waals surface area contributed by atoms with Gasteiger partial charge < -0.3 is 5.11 Å². The summed E-state index contributed by atoms with van der Waals surface area (Å²) in [5.41, 5.74) is 1.88. The van der Waals surface area contributed by atoms with Gasteiger partial charge in [0.1, 0.15) is 0 Å². The molecule has 1 aliphatic carbocycles. The fourth-order valence-electron chi connectivity index (χ4n) is 1.61. The first-order valence-corrected chi connectivity index (χ1v) is 5.25. The number of benzene rings is 1. The summed E-state index contributed by atoms with van der Waals surface area (Å²) in [7, 11) is 0. The third kappa shape index (κ3) is 2.60. The SMILES string of the molecule is O=C(O)/C=C(/c1ccc(Cl)cc1)C1CC1. The smallest absolute Gasteiger partial charge is 0.328 e. The lowest BCUT2D eigenvalue weighted by Gasteiger charge is -2.05. The largest absolute Gasteiger partial charge is 0.478 e. The van der Waals surface area contributed by atoms with Gasteiger partial charge in [0.2, 0.25) is 0 Å². The van der Waals surface area contributed by atoms with Crippen LogP contribution in [-0.2, 0) is 4.79 Å². The maximum absolute atomic E-state index is 10.7. The molecule has 1 saturated carbocycles. The number of aliphatic carboxylic acids is 1. The topological polar surface area (TPSA) is 37.3 Å². The number of hydrogen-bond donors (Lipinski definition) is 1. The Morgan fingerprint density at radius 1 is 1.33 bits per heavy atom. The van der Waals surface area contributed by atoms with E-state index in [0.29, 0.717) is 10.9 Å². The van der Waals surface area contributed by atoms with Gasteiger partial charge in [-0.1, -0.05) is 23.7 Å². The monoisotopic (exact) mass is 222 g/mol. The number of rotatable bonds is 3. The molecule has 15 heavy (non-hydrogen) atoms. The van der Waals surface area contributed by atoms with E-state index in [-0.39, 0.29) is 0 Å². The number of carboxylic acids is 1. The Balaban J connectivity index is 2.32. The maximum Gasteiger partial charge on any atom is 0.328 e. The Morgan fingerprint density at radius 2 is 1.93 bits per heavy atom. The maximum atomic E-state index is 10.7. The van der Waals surface area contributed by atoms with Gasteiger partial charge in [0, 0.05) is 11.1 Å².